The third-order valence-corrected chi connectivity index (χ3v) is 6.73. The quantitative estimate of drug-likeness (QED) is 0.814. The molecule has 0 unspecified atom stereocenters. The Morgan fingerprint density at radius 1 is 1.19 bits per heavy atom. The van der Waals surface area contributed by atoms with E-state index >= 15 is 0 Å². The number of hydrogen-bond donors (Lipinski definition) is 0. The van der Waals surface area contributed by atoms with E-state index in [0.29, 0.717) is 24.8 Å². The minimum absolute atomic E-state index is 0.0157. The van der Waals surface area contributed by atoms with E-state index in [-0.39, 0.29) is 23.0 Å². The van der Waals surface area contributed by atoms with Crippen LogP contribution in [-0.2, 0) is 15.1 Å². The first-order chi connectivity index (χ1) is 12.6. The van der Waals surface area contributed by atoms with E-state index in [1.807, 2.05) is 20.8 Å². The maximum absolute atomic E-state index is 13.0. The van der Waals surface area contributed by atoms with Crippen molar-refractivity contribution in [2.24, 2.45) is 11.3 Å². The van der Waals surface area contributed by atoms with E-state index in [1.54, 1.807) is 4.90 Å². The van der Waals surface area contributed by atoms with Gasteiger partial charge in [0.1, 0.15) is 11.4 Å². The Morgan fingerprint density at radius 2 is 1.81 bits per heavy atom. The molecule has 5 aliphatic rings. The lowest BCUT2D eigenvalue weighted by atomic mass is 9.37. The number of hydrogen-bond acceptors (Lipinski definition) is 4. The third kappa shape index (κ3) is 2.55. The lowest BCUT2D eigenvalue weighted by molar-refractivity contribution is -0.206. The monoisotopic (exact) mass is 371 g/mol. The lowest BCUT2D eigenvalue weighted by Gasteiger charge is -2.70. The normalized spacial score (nSPS) is 32.4. The molecule has 0 spiro atoms. The summed E-state index contributed by atoms with van der Waals surface area (Å²) in [5.74, 6) is 1.03. The van der Waals surface area contributed by atoms with Crippen molar-refractivity contribution in [3.63, 3.8) is 0 Å². The number of aromatic nitrogens is 2. The van der Waals surface area contributed by atoms with Crippen LogP contribution in [0.25, 0.3) is 0 Å². The van der Waals surface area contributed by atoms with Crippen LogP contribution in [0.3, 0.4) is 0 Å². The van der Waals surface area contributed by atoms with E-state index in [0.717, 1.165) is 25.0 Å². The number of carbonyl (C=O) groups is 2. The average Bonchev–Trinajstić information content (AvgIpc) is 3.16. The molecule has 0 N–H and O–H groups in total. The van der Waals surface area contributed by atoms with Crippen molar-refractivity contribution in [2.75, 3.05) is 13.1 Å². The first-order valence-electron chi connectivity index (χ1n) is 10.2. The van der Waals surface area contributed by atoms with Crippen LogP contribution in [0.1, 0.15) is 70.2 Å². The Labute approximate surface area is 160 Å². The number of ketones is 1. The summed E-state index contributed by atoms with van der Waals surface area (Å²) in [6.07, 6.45) is 5.04. The highest BCUT2D eigenvalue weighted by atomic mass is 16.6. The Kier molecular flexibility index (Phi) is 3.29. The SMILES string of the molecule is Cc1cc(C2CC2)n(C23CC(C(=O)C4CN(C(=O)OC(C)(C)C)C4)(C2)C3)n1. The summed E-state index contributed by atoms with van der Waals surface area (Å²) in [4.78, 5) is 26.8. The van der Waals surface area contributed by atoms with Crippen molar-refractivity contribution >= 4 is 11.9 Å². The summed E-state index contributed by atoms with van der Waals surface area (Å²) >= 11 is 0. The molecule has 6 nitrogen and oxygen atoms in total. The van der Waals surface area contributed by atoms with Gasteiger partial charge in [0.2, 0.25) is 0 Å². The fourth-order valence-electron chi connectivity index (χ4n) is 5.34. The molecule has 1 aliphatic heterocycles. The van der Waals surface area contributed by atoms with Crippen LogP contribution in [0.4, 0.5) is 4.79 Å². The van der Waals surface area contributed by atoms with Crippen LogP contribution in [0.2, 0.25) is 0 Å². The summed E-state index contributed by atoms with van der Waals surface area (Å²) in [7, 11) is 0. The molecule has 1 aromatic heterocycles. The summed E-state index contributed by atoms with van der Waals surface area (Å²) in [5.41, 5.74) is 1.93. The van der Waals surface area contributed by atoms with Gasteiger partial charge in [0.15, 0.2) is 0 Å². The summed E-state index contributed by atoms with van der Waals surface area (Å²) < 4.78 is 7.65. The number of Topliss-reactive ketones (excluding diaryl/α,β-unsaturated/α-hetero) is 1. The van der Waals surface area contributed by atoms with Crippen molar-refractivity contribution in [3.8, 4) is 0 Å². The summed E-state index contributed by atoms with van der Waals surface area (Å²) in [5, 5.41) is 4.78. The zero-order valence-electron chi connectivity index (χ0n) is 16.7. The van der Waals surface area contributed by atoms with Crippen LogP contribution >= 0.6 is 0 Å². The van der Waals surface area contributed by atoms with Gasteiger partial charge >= 0.3 is 6.09 Å². The predicted octanol–water partition coefficient (Wildman–Crippen LogP) is 3.38. The number of rotatable bonds is 4. The molecule has 1 amide bonds. The number of carbonyl (C=O) groups excluding carboxylic acids is 2. The van der Waals surface area contributed by atoms with E-state index in [1.165, 1.54) is 18.5 Å². The smallest absolute Gasteiger partial charge is 0.410 e. The molecule has 6 rings (SSSR count). The number of aryl methyl sites for hydroxylation is 1. The standard InChI is InChI=1S/C21H29N3O3/c1-13-7-16(14-5-6-14)24(22-13)21-10-20(11-21,12-21)17(25)15-8-23(9-15)18(26)27-19(2,3)4/h7,14-15H,5-6,8-12H2,1-4H3. The first-order valence-corrected chi connectivity index (χ1v) is 10.2. The average molecular weight is 371 g/mol. The van der Waals surface area contributed by atoms with E-state index in [4.69, 9.17) is 9.84 Å². The van der Waals surface area contributed by atoms with Gasteiger partial charge in [-0.05, 0) is 65.9 Å². The second-order valence-corrected chi connectivity index (χ2v) is 10.4. The predicted molar refractivity (Wildman–Crippen MR) is 99.5 cm³/mol. The minimum atomic E-state index is -0.492. The molecule has 5 fully saturated rings. The molecule has 0 atom stereocenters. The van der Waals surface area contributed by atoms with Gasteiger partial charge in [0.25, 0.3) is 0 Å². The topological polar surface area (TPSA) is 64.4 Å². The zero-order chi connectivity index (χ0) is 19.2. The largest absolute Gasteiger partial charge is 0.444 e. The highest BCUT2D eigenvalue weighted by molar-refractivity contribution is 5.92. The van der Waals surface area contributed by atoms with Gasteiger partial charge in [-0.1, -0.05) is 0 Å². The fraction of sp³-hybridized carbons (Fsp3) is 0.762. The maximum Gasteiger partial charge on any atom is 0.410 e. The van der Waals surface area contributed by atoms with Gasteiger partial charge in [-0.15, -0.1) is 0 Å². The number of amides is 1. The molecular weight excluding hydrogens is 342 g/mol. The van der Waals surface area contributed by atoms with Gasteiger partial charge in [0, 0.05) is 30.1 Å². The highest BCUT2D eigenvalue weighted by Gasteiger charge is 2.74. The van der Waals surface area contributed by atoms with Gasteiger partial charge in [0.05, 0.1) is 17.2 Å². The van der Waals surface area contributed by atoms with E-state index < -0.39 is 5.60 Å². The van der Waals surface area contributed by atoms with Crippen LogP contribution in [-0.4, -0.2) is 45.2 Å². The molecule has 1 aromatic rings. The fourth-order valence-corrected chi connectivity index (χ4v) is 5.34. The molecule has 4 saturated carbocycles. The van der Waals surface area contributed by atoms with Gasteiger partial charge in [-0.3, -0.25) is 9.48 Å². The Balaban J connectivity index is 1.19. The van der Waals surface area contributed by atoms with Crippen LogP contribution in [0, 0.1) is 18.3 Å². The molecule has 6 heteroatoms. The number of likely N-dealkylation sites (tertiary alicyclic amines) is 1. The van der Waals surface area contributed by atoms with Crippen molar-refractivity contribution in [1.82, 2.24) is 14.7 Å². The van der Waals surface area contributed by atoms with E-state index in [2.05, 4.69) is 17.7 Å². The van der Waals surface area contributed by atoms with Crippen molar-refractivity contribution < 1.29 is 14.3 Å². The number of ether oxygens (including phenoxy) is 1. The molecule has 146 valence electrons. The van der Waals surface area contributed by atoms with Crippen LogP contribution in [0.5, 0.6) is 0 Å². The van der Waals surface area contributed by atoms with Gasteiger partial charge in [-0.25, -0.2) is 4.79 Å². The summed E-state index contributed by atoms with van der Waals surface area (Å²) in [6, 6.07) is 2.23. The summed E-state index contributed by atoms with van der Waals surface area (Å²) in [6.45, 7) is 8.67. The van der Waals surface area contributed by atoms with Crippen LogP contribution in [0.15, 0.2) is 6.07 Å². The molecule has 2 bridgehead atoms. The second kappa shape index (κ2) is 5.15. The van der Waals surface area contributed by atoms with Crippen molar-refractivity contribution in [2.45, 2.75) is 76.9 Å². The molecule has 0 aromatic carbocycles. The highest BCUT2D eigenvalue weighted by Crippen LogP contribution is 2.73. The Bertz CT molecular complexity index is 804. The number of nitrogens with zero attached hydrogens (tertiary/aromatic N) is 3. The maximum atomic E-state index is 13.0. The van der Waals surface area contributed by atoms with Crippen LogP contribution < -0.4 is 0 Å². The zero-order valence-corrected chi connectivity index (χ0v) is 16.7. The Morgan fingerprint density at radius 3 is 2.37 bits per heavy atom. The van der Waals surface area contributed by atoms with Crippen molar-refractivity contribution in [1.29, 1.82) is 0 Å². The molecule has 0 radical (unpaired) electrons. The Hall–Kier alpha value is -1.85. The first kappa shape index (κ1) is 17.3. The molecule has 4 aliphatic carbocycles. The molecular formula is C21H29N3O3. The van der Waals surface area contributed by atoms with Crippen molar-refractivity contribution in [3.05, 3.63) is 17.5 Å². The minimum Gasteiger partial charge on any atom is -0.444 e. The molecule has 27 heavy (non-hydrogen) atoms. The molecule has 1 saturated heterocycles. The third-order valence-electron chi connectivity index (χ3n) is 6.73. The van der Waals surface area contributed by atoms with Gasteiger partial charge < -0.3 is 9.64 Å². The molecule has 2 heterocycles. The lowest BCUT2D eigenvalue weighted by Crippen LogP contribution is -2.73. The second-order valence-electron chi connectivity index (χ2n) is 10.4. The van der Waals surface area contributed by atoms with Gasteiger partial charge in [-0.2, -0.15) is 5.10 Å². The van der Waals surface area contributed by atoms with E-state index in [9.17, 15) is 9.59 Å².